The van der Waals surface area contributed by atoms with Gasteiger partial charge in [-0.05, 0) is 23.6 Å². The maximum atomic E-state index is 13.4. The molecular formula is C21H30FIN4O2. The summed E-state index contributed by atoms with van der Waals surface area (Å²) in [6.45, 7) is 7.46. The molecule has 0 saturated heterocycles. The molecule has 0 bridgehead atoms. The first-order chi connectivity index (χ1) is 13.3. The molecule has 0 aliphatic rings. The molecule has 1 aromatic carbocycles. The Labute approximate surface area is 189 Å². The number of nitrogens with zero attached hydrogens (tertiary/aromatic N) is 2. The van der Waals surface area contributed by atoms with E-state index in [4.69, 9.17) is 9.47 Å². The zero-order valence-corrected chi connectivity index (χ0v) is 19.9. The molecule has 0 aliphatic carbocycles. The predicted octanol–water partition coefficient (Wildman–Crippen LogP) is 4.36. The molecule has 29 heavy (non-hydrogen) atoms. The Hall–Kier alpha value is -1.94. The van der Waals surface area contributed by atoms with Crippen molar-refractivity contribution in [3.63, 3.8) is 0 Å². The summed E-state index contributed by atoms with van der Waals surface area (Å²) in [6, 6.07) is 9.70. The summed E-state index contributed by atoms with van der Waals surface area (Å²) in [7, 11) is 3.42. The molecule has 0 spiro atoms. The maximum absolute atomic E-state index is 13.4. The molecule has 1 heterocycles. The van der Waals surface area contributed by atoms with E-state index in [9.17, 15) is 4.39 Å². The normalized spacial score (nSPS) is 12.7. The number of halogens is 2. The molecule has 8 heteroatoms. The molecule has 0 aliphatic heterocycles. The summed E-state index contributed by atoms with van der Waals surface area (Å²) in [5, 5.41) is 6.52. The molecule has 1 unspecified atom stereocenters. The molecule has 0 fully saturated rings. The number of aromatic nitrogens is 1. The zero-order valence-electron chi connectivity index (χ0n) is 17.5. The molecule has 6 nitrogen and oxygen atoms in total. The van der Waals surface area contributed by atoms with Gasteiger partial charge in [0.2, 0.25) is 5.88 Å². The van der Waals surface area contributed by atoms with Crippen molar-refractivity contribution < 1.29 is 13.9 Å². The maximum Gasteiger partial charge on any atom is 0.224 e. The van der Waals surface area contributed by atoms with Crippen molar-refractivity contribution in [3.05, 3.63) is 54.0 Å². The number of pyridine rings is 1. The highest BCUT2D eigenvalue weighted by Crippen LogP contribution is 2.23. The number of hydrogen-bond acceptors (Lipinski definition) is 4. The summed E-state index contributed by atoms with van der Waals surface area (Å²) >= 11 is 0. The minimum atomic E-state index is -0.357. The van der Waals surface area contributed by atoms with Gasteiger partial charge in [0.25, 0.3) is 0 Å². The van der Waals surface area contributed by atoms with Gasteiger partial charge in [-0.1, -0.05) is 32.9 Å². The second-order valence-corrected chi connectivity index (χ2v) is 7.42. The second kappa shape index (κ2) is 11.9. The lowest BCUT2D eigenvalue weighted by molar-refractivity contribution is 0.0205. The van der Waals surface area contributed by atoms with Gasteiger partial charge in [-0.2, -0.15) is 0 Å². The van der Waals surface area contributed by atoms with Crippen LogP contribution in [0.3, 0.4) is 0 Å². The number of methoxy groups -OCH3 is 1. The lowest BCUT2D eigenvalue weighted by Gasteiger charge is -2.30. The summed E-state index contributed by atoms with van der Waals surface area (Å²) in [5.41, 5.74) is 0.837. The van der Waals surface area contributed by atoms with E-state index in [2.05, 4.69) is 41.4 Å². The van der Waals surface area contributed by atoms with Crippen LogP contribution in [-0.2, 0) is 11.3 Å². The molecular weight excluding hydrogens is 486 g/mol. The van der Waals surface area contributed by atoms with E-state index in [1.807, 2.05) is 12.1 Å². The van der Waals surface area contributed by atoms with Gasteiger partial charge in [0.05, 0.1) is 6.10 Å². The first-order valence-electron chi connectivity index (χ1n) is 9.18. The Morgan fingerprint density at radius 3 is 2.59 bits per heavy atom. The van der Waals surface area contributed by atoms with Crippen LogP contribution in [0.15, 0.2) is 47.6 Å². The van der Waals surface area contributed by atoms with Crippen molar-refractivity contribution in [2.45, 2.75) is 33.4 Å². The molecule has 2 aromatic rings. The fraction of sp³-hybridized carbons (Fsp3) is 0.429. The SMILES string of the molecule is CN=C(NCc1cccnc1Oc1cccc(F)c1)NCC(OC)C(C)(C)C.I. The molecule has 1 atom stereocenters. The first kappa shape index (κ1) is 25.1. The predicted molar refractivity (Wildman–Crippen MR) is 125 cm³/mol. The van der Waals surface area contributed by atoms with Gasteiger partial charge in [0.15, 0.2) is 5.96 Å². The Balaban J connectivity index is 0.00000420. The van der Waals surface area contributed by atoms with Gasteiger partial charge in [-0.3, -0.25) is 4.99 Å². The minimum Gasteiger partial charge on any atom is -0.439 e. The van der Waals surface area contributed by atoms with Crippen molar-refractivity contribution >= 4 is 29.9 Å². The van der Waals surface area contributed by atoms with Gasteiger partial charge in [-0.25, -0.2) is 9.37 Å². The highest BCUT2D eigenvalue weighted by atomic mass is 127. The van der Waals surface area contributed by atoms with Crippen LogP contribution in [0.25, 0.3) is 0 Å². The Bertz CT molecular complexity index is 796. The second-order valence-electron chi connectivity index (χ2n) is 7.42. The van der Waals surface area contributed by atoms with E-state index in [0.29, 0.717) is 30.7 Å². The summed E-state index contributed by atoms with van der Waals surface area (Å²) in [4.78, 5) is 8.51. The third-order valence-electron chi connectivity index (χ3n) is 4.24. The average molecular weight is 516 g/mol. The third-order valence-corrected chi connectivity index (χ3v) is 4.24. The molecule has 0 saturated carbocycles. The molecule has 2 rings (SSSR count). The fourth-order valence-corrected chi connectivity index (χ4v) is 2.62. The lowest BCUT2D eigenvalue weighted by Crippen LogP contribution is -2.45. The van der Waals surface area contributed by atoms with Crippen molar-refractivity contribution in [1.29, 1.82) is 0 Å². The molecule has 1 aromatic heterocycles. The Morgan fingerprint density at radius 2 is 1.97 bits per heavy atom. The fourth-order valence-electron chi connectivity index (χ4n) is 2.62. The van der Waals surface area contributed by atoms with Crippen LogP contribution < -0.4 is 15.4 Å². The number of benzene rings is 1. The van der Waals surface area contributed by atoms with Gasteiger partial charge >= 0.3 is 0 Å². The highest BCUT2D eigenvalue weighted by Gasteiger charge is 2.24. The van der Waals surface area contributed by atoms with Crippen molar-refractivity contribution in [3.8, 4) is 11.6 Å². The lowest BCUT2D eigenvalue weighted by atomic mass is 9.89. The standard InChI is InChI=1S/C21H29FN4O2.HI/c1-21(2,3)18(27-5)14-26-20(23-4)25-13-15-8-7-11-24-19(15)28-17-10-6-9-16(22)12-17;/h6-12,18H,13-14H2,1-5H3,(H2,23,25,26);1H. The van der Waals surface area contributed by atoms with Gasteiger partial charge in [0.1, 0.15) is 11.6 Å². The van der Waals surface area contributed by atoms with Crippen molar-refractivity contribution in [2.75, 3.05) is 20.7 Å². The van der Waals surface area contributed by atoms with Gasteiger partial charge in [-0.15, -0.1) is 24.0 Å². The number of ether oxygens (including phenoxy) is 2. The summed E-state index contributed by atoms with van der Waals surface area (Å²) in [5.74, 6) is 1.10. The van der Waals surface area contributed by atoms with Crippen LogP contribution in [0.5, 0.6) is 11.6 Å². The number of aliphatic imine (C=N–C) groups is 1. The number of guanidine groups is 1. The van der Waals surface area contributed by atoms with Crippen LogP contribution in [0.2, 0.25) is 0 Å². The first-order valence-corrected chi connectivity index (χ1v) is 9.18. The minimum absolute atomic E-state index is 0. The van der Waals surface area contributed by atoms with Crippen LogP contribution >= 0.6 is 24.0 Å². The highest BCUT2D eigenvalue weighted by molar-refractivity contribution is 14.0. The topological polar surface area (TPSA) is 67.8 Å². The van der Waals surface area contributed by atoms with E-state index in [1.54, 1.807) is 32.5 Å². The summed E-state index contributed by atoms with van der Waals surface area (Å²) in [6.07, 6.45) is 1.67. The molecule has 160 valence electrons. The molecule has 0 amide bonds. The number of nitrogens with one attached hydrogen (secondary N) is 2. The van der Waals surface area contributed by atoms with Crippen LogP contribution in [0.4, 0.5) is 4.39 Å². The Kier molecular flexibility index (Phi) is 10.3. The van der Waals surface area contributed by atoms with Crippen molar-refractivity contribution in [1.82, 2.24) is 15.6 Å². The smallest absolute Gasteiger partial charge is 0.224 e. The molecule has 2 N–H and O–H groups in total. The largest absolute Gasteiger partial charge is 0.439 e. The van der Waals surface area contributed by atoms with E-state index in [1.165, 1.54) is 12.1 Å². The average Bonchev–Trinajstić information content (AvgIpc) is 2.64. The van der Waals surface area contributed by atoms with Crippen LogP contribution in [0.1, 0.15) is 26.3 Å². The monoisotopic (exact) mass is 516 g/mol. The van der Waals surface area contributed by atoms with E-state index < -0.39 is 0 Å². The quantitative estimate of drug-likeness (QED) is 0.325. The third kappa shape index (κ3) is 8.14. The molecule has 0 radical (unpaired) electrons. The zero-order chi connectivity index (χ0) is 20.6. The van der Waals surface area contributed by atoms with E-state index in [-0.39, 0.29) is 41.3 Å². The van der Waals surface area contributed by atoms with Gasteiger partial charge in [0, 0.05) is 45.1 Å². The number of rotatable bonds is 7. The number of hydrogen-bond donors (Lipinski definition) is 2. The van der Waals surface area contributed by atoms with E-state index >= 15 is 0 Å². The van der Waals surface area contributed by atoms with Crippen LogP contribution in [0, 0.1) is 11.2 Å². The van der Waals surface area contributed by atoms with E-state index in [0.717, 1.165) is 5.56 Å². The van der Waals surface area contributed by atoms with Gasteiger partial charge < -0.3 is 20.1 Å². The van der Waals surface area contributed by atoms with Crippen molar-refractivity contribution in [2.24, 2.45) is 10.4 Å². The Morgan fingerprint density at radius 1 is 1.21 bits per heavy atom. The summed E-state index contributed by atoms with van der Waals surface area (Å²) < 4.78 is 24.7. The van der Waals surface area contributed by atoms with Crippen LogP contribution in [-0.4, -0.2) is 37.7 Å².